The number of nitrogens with one attached hydrogen (secondary N) is 1. The van der Waals surface area contributed by atoms with Crippen LogP contribution in [0.25, 0.3) is 0 Å². The lowest BCUT2D eigenvalue weighted by Crippen LogP contribution is -2.46. The zero-order valence-electron chi connectivity index (χ0n) is 10.9. The third kappa shape index (κ3) is 3.67. The Bertz CT molecular complexity index is 421. The van der Waals surface area contributed by atoms with Crippen LogP contribution in [0, 0.1) is 5.82 Å². The molecular weight excluding hydrogens is 245 g/mol. The molecule has 4 nitrogen and oxygen atoms in total. The predicted molar refractivity (Wildman–Crippen MR) is 73.4 cm³/mol. The van der Waals surface area contributed by atoms with Gasteiger partial charge >= 0.3 is 6.03 Å². The highest BCUT2D eigenvalue weighted by Gasteiger charge is 2.24. The molecule has 0 bridgehead atoms. The van der Waals surface area contributed by atoms with Crippen molar-refractivity contribution in [1.82, 2.24) is 4.90 Å². The Morgan fingerprint density at radius 2 is 2.05 bits per heavy atom. The van der Waals surface area contributed by atoms with E-state index in [1.807, 2.05) is 0 Å². The van der Waals surface area contributed by atoms with Crippen molar-refractivity contribution < 1.29 is 9.18 Å². The molecule has 0 saturated carbocycles. The Kier molecular flexibility index (Phi) is 4.74. The van der Waals surface area contributed by atoms with Crippen LogP contribution in [0.3, 0.4) is 0 Å². The van der Waals surface area contributed by atoms with E-state index < -0.39 is 0 Å². The first-order valence-electron chi connectivity index (χ1n) is 6.74. The molecule has 0 radical (unpaired) electrons. The first kappa shape index (κ1) is 13.8. The van der Waals surface area contributed by atoms with E-state index in [1.54, 1.807) is 17.0 Å². The molecule has 1 aromatic carbocycles. The lowest BCUT2D eigenvalue weighted by atomic mass is 10.1. The Morgan fingerprint density at radius 3 is 2.74 bits per heavy atom. The summed E-state index contributed by atoms with van der Waals surface area (Å²) in [6, 6.07) is 5.73. The van der Waals surface area contributed by atoms with Gasteiger partial charge in [-0.25, -0.2) is 9.18 Å². The van der Waals surface area contributed by atoms with Crippen molar-refractivity contribution in [3.63, 3.8) is 0 Å². The van der Waals surface area contributed by atoms with Gasteiger partial charge in [0.2, 0.25) is 0 Å². The minimum absolute atomic E-state index is 0.1000. The summed E-state index contributed by atoms with van der Waals surface area (Å²) in [5, 5.41) is 2.80. The van der Waals surface area contributed by atoms with Crippen LogP contribution in [-0.2, 0) is 0 Å². The van der Waals surface area contributed by atoms with Crippen LogP contribution in [-0.4, -0.2) is 30.1 Å². The summed E-state index contributed by atoms with van der Waals surface area (Å²) in [4.78, 5) is 14.0. The smallest absolute Gasteiger partial charge is 0.322 e. The van der Waals surface area contributed by atoms with Gasteiger partial charge in [-0.05, 0) is 37.1 Å². The number of nitrogens with two attached hydrogens (primary N) is 1. The van der Waals surface area contributed by atoms with Gasteiger partial charge in [-0.2, -0.15) is 0 Å². The fourth-order valence-electron chi connectivity index (χ4n) is 2.42. The molecule has 1 unspecified atom stereocenters. The van der Waals surface area contributed by atoms with E-state index in [2.05, 4.69) is 5.32 Å². The molecule has 1 atom stereocenters. The molecule has 5 heteroatoms. The highest BCUT2D eigenvalue weighted by Crippen LogP contribution is 2.18. The topological polar surface area (TPSA) is 58.4 Å². The van der Waals surface area contributed by atoms with Crippen molar-refractivity contribution in [2.45, 2.75) is 31.7 Å². The number of amides is 2. The number of anilines is 1. The molecule has 1 heterocycles. The van der Waals surface area contributed by atoms with Gasteiger partial charge in [-0.15, -0.1) is 0 Å². The Morgan fingerprint density at radius 1 is 1.32 bits per heavy atom. The van der Waals surface area contributed by atoms with Gasteiger partial charge in [0, 0.05) is 24.8 Å². The number of hydrogen-bond donors (Lipinski definition) is 2. The van der Waals surface area contributed by atoms with Crippen molar-refractivity contribution in [1.29, 1.82) is 0 Å². The Labute approximate surface area is 112 Å². The maximum atomic E-state index is 12.8. The monoisotopic (exact) mass is 265 g/mol. The van der Waals surface area contributed by atoms with Crippen molar-refractivity contribution in [3.8, 4) is 0 Å². The quantitative estimate of drug-likeness (QED) is 0.863. The summed E-state index contributed by atoms with van der Waals surface area (Å²) in [6.45, 7) is 1.21. The number of likely N-dealkylation sites (tertiary alicyclic amines) is 1. The molecule has 19 heavy (non-hydrogen) atoms. The van der Waals surface area contributed by atoms with Gasteiger partial charge in [0.1, 0.15) is 5.82 Å². The van der Waals surface area contributed by atoms with Crippen molar-refractivity contribution >= 4 is 11.7 Å². The van der Waals surface area contributed by atoms with Crippen LogP contribution in [0.4, 0.5) is 14.9 Å². The molecule has 0 aliphatic carbocycles. The third-order valence-electron chi connectivity index (χ3n) is 3.51. The number of carbonyl (C=O) groups is 1. The van der Waals surface area contributed by atoms with Crippen molar-refractivity contribution in [3.05, 3.63) is 30.1 Å². The Hall–Kier alpha value is -1.62. The van der Waals surface area contributed by atoms with Crippen molar-refractivity contribution in [2.75, 3.05) is 18.4 Å². The second-order valence-electron chi connectivity index (χ2n) is 4.87. The van der Waals surface area contributed by atoms with Crippen LogP contribution in [0.2, 0.25) is 0 Å². The van der Waals surface area contributed by atoms with Gasteiger partial charge in [-0.1, -0.05) is 12.8 Å². The summed E-state index contributed by atoms with van der Waals surface area (Å²) in [5.74, 6) is -0.312. The number of nitrogens with zero attached hydrogens (tertiary/aromatic N) is 1. The van der Waals surface area contributed by atoms with E-state index in [-0.39, 0.29) is 17.9 Å². The number of carbonyl (C=O) groups excluding carboxylic acids is 1. The van der Waals surface area contributed by atoms with Crippen LogP contribution in [0.15, 0.2) is 24.3 Å². The molecule has 1 saturated heterocycles. The third-order valence-corrected chi connectivity index (χ3v) is 3.51. The van der Waals surface area contributed by atoms with Gasteiger partial charge < -0.3 is 16.0 Å². The van der Waals surface area contributed by atoms with E-state index in [1.165, 1.54) is 12.1 Å². The van der Waals surface area contributed by atoms with Crippen LogP contribution >= 0.6 is 0 Å². The average Bonchev–Trinajstić information content (AvgIpc) is 2.66. The normalized spacial score (nSPS) is 19.9. The second-order valence-corrected chi connectivity index (χ2v) is 4.87. The van der Waals surface area contributed by atoms with Crippen LogP contribution < -0.4 is 11.1 Å². The molecular formula is C14H20FN3O. The van der Waals surface area contributed by atoms with E-state index in [4.69, 9.17) is 5.73 Å². The highest BCUT2D eigenvalue weighted by molar-refractivity contribution is 5.89. The molecule has 1 aliphatic heterocycles. The molecule has 0 aromatic heterocycles. The molecule has 2 amide bonds. The fourth-order valence-corrected chi connectivity index (χ4v) is 2.42. The van der Waals surface area contributed by atoms with Crippen LogP contribution in [0.5, 0.6) is 0 Å². The van der Waals surface area contributed by atoms with Gasteiger partial charge in [0.05, 0.1) is 0 Å². The summed E-state index contributed by atoms with van der Waals surface area (Å²) >= 11 is 0. The number of halogens is 1. The maximum absolute atomic E-state index is 12.8. The highest BCUT2D eigenvalue weighted by atomic mass is 19.1. The number of urea groups is 1. The largest absolute Gasteiger partial charge is 0.328 e. The summed E-state index contributed by atoms with van der Waals surface area (Å²) in [5.41, 5.74) is 6.35. The maximum Gasteiger partial charge on any atom is 0.322 e. The summed E-state index contributed by atoms with van der Waals surface area (Å²) in [7, 11) is 0. The molecule has 0 spiro atoms. The van der Waals surface area contributed by atoms with Crippen molar-refractivity contribution in [2.24, 2.45) is 5.73 Å². The van der Waals surface area contributed by atoms with Gasteiger partial charge in [-0.3, -0.25) is 0 Å². The lowest BCUT2D eigenvalue weighted by Gasteiger charge is -2.29. The average molecular weight is 265 g/mol. The fraction of sp³-hybridized carbons (Fsp3) is 0.500. The Balaban J connectivity index is 2.02. The number of hydrogen-bond acceptors (Lipinski definition) is 2. The number of benzene rings is 1. The van der Waals surface area contributed by atoms with E-state index >= 15 is 0 Å². The first-order chi connectivity index (χ1) is 9.20. The lowest BCUT2D eigenvalue weighted by molar-refractivity contribution is 0.191. The van der Waals surface area contributed by atoms with Gasteiger partial charge in [0.15, 0.2) is 0 Å². The summed E-state index contributed by atoms with van der Waals surface area (Å²) in [6.07, 6.45) is 4.21. The van der Waals surface area contributed by atoms with E-state index in [0.29, 0.717) is 12.2 Å². The van der Waals surface area contributed by atoms with E-state index in [0.717, 1.165) is 32.2 Å². The first-order valence-corrected chi connectivity index (χ1v) is 6.74. The van der Waals surface area contributed by atoms with E-state index in [9.17, 15) is 9.18 Å². The predicted octanol–water partition coefficient (Wildman–Crippen LogP) is 2.56. The SMILES string of the molecule is NCC1CCCCCN1C(=O)Nc1ccc(F)cc1. The zero-order valence-corrected chi connectivity index (χ0v) is 10.9. The number of rotatable bonds is 2. The molecule has 104 valence electrons. The standard InChI is InChI=1S/C14H20FN3O/c15-11-5-7-12(8-6-11)17-14(19)18-9-3-1-2-4-13(18)10-16/h5-8,13H,1-4,9-10,16H2,(H,17,19). The second kappa shape index (κ2) is 6.52. The molecule has 2 rings (SSSR count). The molecule has 1 aromatic rings. The summed E-state index contributed by atoms with van der Waals surface area (Å²) < 4.78 is 12.8. The molecule has 3 N–H and O–H groups in total. The minimum atomic E-state index is -0.312. The zero-order chi connectivity index (χ0) is 13.7. The van der Waals surface area contributed by atoms with Crippen LogP contribution in [0.1, 0.15) is 25.7 Å². The molecule has 1 fully saturated rings. The molecule has 1 aliphatic rings. The minimum Gasteiger partial charge on any atom is -0.328 e. The van der Waals surface area contributed by atoms with Gasteiger partial charge in [0.25, 0.3) is 0 Å².